The number of aryl methyl sites for hydroxylation is 1. The molecule has 2 rings (SSSR count). The molecule has 0 aliphatic heterocycles. The van der Waals surface area contributed by atoms with Crippen LogP contribution in [-0.2, 0) is 16.6 Å². The molecule has 0 radical (unpaired) electrons. The second-order valence-corrected chi connectivity index (χ2v) is 6.37. The molecule has 1 fully saturated rings. The molecule has 0 bridgehead atoms. The zero-order chi connectivity index (χ0) is 14.8. The van der Waals surface area contributed by atoms with Crippen LogP contribution in [0.3, 0.4) is 0 Å². The Bertz CT molecular complexity index is 482. The molecule has 2 nitrogen and oxygen atoms in total. The molecule has 110 valence electrons. The number of hydrogen-bond acceptors (Lipinski definition) is 1. The molecular formula is C18H26O2. The van der Waals surface area contributed by atoms with Gasteiger partial charge in [-0.3, -0.25) is 4.79 Å². The van der Waals surface area contributed by atoms with E-state index < -0.39 is 11.4 Å². The van der Waals surface area contributed by atoms with Crippen LogP contribution in [0.25, 0.3) is 0 Å². The molecule has 1 aliphatic rings. The lowest BCUT2D eigenvalue weighted by Crippen LogP contribution is -2.38. The summed E-state index contributed by atoms with van der Waals surface area (Å²) < 4.78 is 0. The SMILES string of the molecule is CCc1ccc(C(C)C)cc1C1(C(=O)O)CCCCC1. The van der Waals surface area contributed by atoms with E-state index in [1.807, 2.05) is 0 Å². The molecule has 0 saturated heterocycles. The molecule has 1 aromatic rings. The Morgan fingerprint density at radius 2 is 1.90 bits per heavy atom. The van der Waals surface area contributed by atoms with Crippen LogP contribution in [-0.4, -0.2) is 11.1 Å². The molecule has 2 heteroatoms. The standard InChI is InChI=1S/C18H26O2/c1-4-14-8-9-15(13(2)3)12-16(14)18(17(19)20)10-6-5-7-11-18/h8-9,12-13H,4-7,10-11H2,1-3H3,(H,19,20). The maximum atomic E-state index is 12.0. The highest BCUT2D eigenvalue weighted by Crippen LogP contribution is 2.42. The first-order valence-electron chi connectivity index (χ1n) is 7.88. The van der Waals surface area contributed by atoms with Crippen molar-refractivity contribution in [3.63, 3.8) is 0 Å². The lowest BCUT2D eigenvalue weighted by atomic mass is 9.67. The van der Waals surface area contributed by atoms with Crippen LogP contribution in [0.2, 0.25) is 0 Å². The number of carboxylic acid groups (broad SMARTS) is 1. The van der Waals surface area contributed by atoms with Gasteiger partial charge < -0.3 is 5.11 Å². The second kappa shape index (κ2) is 5.99. The number of hydrogen-bond donors (Lipinski definition) is 1. The second-order valence-electron chi connectivity index (χ2n) is 6.37. The molecule has 0 spiro atoms. The molecule has 1 aromatic carbocycles. The summed E-state index contributed by atoms with van der Waals surface area (Å²) in [6, 6.07) is 6.47. The van der Waals surface area contributed by atoms with Gasteiger partial charge in [0.05, 0.1) is 5.41 Å². The van der Waals surface area contributed by atoms with Gasteiger partial charge in [0.15, 0.2) is 0 Å². The minimum absolute atomic E-state index is 0.439. The molecule has 0 unspecified atom stereocenters. The minimum Gasteiger partial charge on any atom is -0.481 e. The highest BCUT2D eigenvalue weighted by molar-refractivity contribution is 5.82. The Labute approximate surface area is 122 Å². The summed E-state index contributed by atoms with van der Waals surface area (Å²) in [6.07, 6.45) is 5.71. The first kappa shape index (κ1) is 15.1. The summed E-state index contributed by atoms with van der Waals surface area (Å²) in [5.74, 6) is -0.193. The molecule has 0 atom stereocenters. The number of benzene rings is 1. The van der Waals surface area contributed by atoms with E-state index >= 15 is 0 Å². The maximum Gasteiger partial charge on any atom is 0.314 e. The van der Waals surface area contributed by atoms with Crippen molar-refractivity contribution in [2.45, 2.75) is 70.6 Å². The Morgan fingerprint density at radius 3 is 2.40 bits per heavy atom. The lowest BCUT2D eigenvalue weighted by Gasteiger charge is -2.35. The van der Waals surface area contributed by atoms with Crippen molar-refractivity contribution < 1.29 is 9.90 Å². The van der Waals surface area contributed by atoms with Gasteiger partial charge >= 0.3 is 5.97 Å². The van der Waals surface area contributed by atoms with Gasteiger partial charge in [0.1, 0.15) is 0 Å². The smallest absolute Gasteiger partial charge is 0.314 e. The Kier molecular flexibility index (Phi) is 4.52. The predicted octanol–water partition coefficient (Wildman–Crippen LogP) is 4.66. The van der Waals surface area contributed by atoms with Crippen LogP contribution in [0.15, 0.2) is 18.2 Å². The van der Waals surface area contributed by atoms with E-state index in [2.05, 4.69) is 39.0 Å². The van der Waals surface area contributed by atoms with E-state index in [0.717, 1.165) is 37.7 Å². The number of carbonyl (C=O) groups is 1. The predicted molar refractivity (Wildman–Crippen MR) is 82.3 cm³/mol. The van der Waals surface area contributed by atoms with Crippen LogP contribution < -0.4 is 0 Å². The number of rotatable bonds is 4. The van der Waals surface area contributed by atoms with Crippen molar-refractivity contribution in [2.24, 2.45) is 0 Å². The van der Waals surface area contributed by atoms with Crippen molar-refractivity contribution in [3.05, 3.63) is 34.9 Å². The van der Waals surface area contributed by atoms with Gasteiger partial charge in [-0.2, -0.15) is 0 Å². The molecule has 0 heterocycles. The monoisotopic (exact) mass is 274 g/mol. The lowest BCUT2D eigenvalue weighted by molar-refractivity contribution is -0.145. The van der Waals surface area contributed by atoms with E-state index in [-0.39, 0.29) is 0 Å². The van der Waals surface area contributed by atoms with Gasteiger partial charge in [-0.15, -0.1) is 0 Å². The molecule has 1 saturated carbocycles. The minimum atomic E-state index is -0.644. The van der Waals surface area contributed by atoms with Crippen molar-refractivity contribution in [2.75, 3.05) is 0 Å². The summed E-state index contributed by atoms with van der Waals surface area (Å²) in [5.41, 5.74) is 2.90. The topological polar surface area (TPSA) is 37.3 Å². The highest BCUT2D eigenvalue weighted by Gasteiger charge is 2.42. The normalized spacial score (nSPS) is 18.2. The summed E-state index contributed by atoms with van der Waals surface area (Å²) in [5, 5.41) is 9.89. The van der Waals surface area contributed by atoms with E-state index in [4.69, 9.17) is 0 Å². The van der Waals surface area contributed by atoms with Crippen LogP contribution in [0.5, 0.6) is 0 Å². The van der Waals surface area contributed by atoms with Crippen molar-refractivity contribution in [1.82, 2.24) is 0 Å². The Balaban J connectivity index is 2.56. The van der Waals surface area contributed by atoms with Gasteiger partial charge in [0.25, 0.3) is 0 Å². The Hall–Kier alpha value is -1.31. The fourth-order valence-electron chi connectivity index (χ4n) is 3.46. The number of carboxylic acids is 1. The zero-order valence-electron chi connectivity index (χ0n) is 12.9. The van der Waals surface area contributed by atoms with Gasteiger partial charge in [0, 0.05) is 0 Å². The van der Waals surface area contributed by atoms with Gasteiger partial charge in [-0.1, -0.05) is 58.2 Å². The largest absolute Gasteiger partial charge is 0.481 e. The first-order valence-corrected chi connectivity index (χ1v) is 7.88. The molecular weight excluding hydrogens is 248 g/mol. The Morgan fingerprint density at radius 1 is 1.25 bits per heavy atom. The molecule has 1 N–H and O–H groups in total. The van der Waals surface area contributed by atoms with Gasteiger partial charge in [0.2, 0.25) is 0 Å². The molecule has 0 amide bonds. The highest BCUT2D eigenvalue weighted by atomic mass is 16.4. The molecule has 20 heavy (non-hydrogen) atoms. The summed E-state index contributed by atoms with van der Waals surface area (Å²) >= 11 is 0. The van der Waals surface area contributed by atoms with Crippen molar-refractivity contribution >= 4 is 5.97 Å². The fraction of sp³-hybridized carbons (Fsp3) is 0.611. The van der Waals surface area contributed by atoms with Crippen molar-refractivity contribution in [1.29, 1.82) is 0 Å². The van der Waals surface area contributed by atoms with Crippen molar-refractivity contribution in [3.8, 4) is 0 Å². The van der Waals surface area contributed by atoms with Crippen LogP contribution in [0.4, 0.5) is 0 Å². The van der Waals surface area contributed by atoms with E-state index in [1.165, 1.54) is 17.5 Å². The van der Waals surface area contributed by atoms with E-state index in [9.17, 15) is 9.90 Å². The average molecular weight is 274 g/mol. The van der Waals surface area contributed by atoms with Crippen LogP contribution in [0.1, 0.15) is 75.5 Å². The van der Waals surface area contributed by atoms with E-state index in [1.54, 1.807) is 0 Å². The van der Waals surface area contributed by atoms with Crippen LogP contribution >= 0.6 is 0 Å². The average Bonchev–Trinajstić information content (AvgIpc) is 2.47. The maximum absolute atomic E-state index is 12.0. The summed E-state index contributed by atoms with van der Waals surface area (Å²) in [7, 11) is 0. The fourth-order valence-corrected chi connectivity index (χ4v) is 3.46. The zero-order valence-corrected chi connectivity index (χ0v) is 12.9. The van der Waals surface area contributed by atoms with Gasteiger partial charge in [-0.25, -0.2) is 0 Å². The molecule has 0 aromatic heterocycles. The molecule has 1 aliphatic carbocycles. The summed E-state index contributed by atoms with van der Waals surface area (Å²) in [6.45, 7) is 6.45. The van der Waals surface area contributed by atoms with E-state index in [0.29, 0.717) is 5.92 Å². The summed E-state index contributed by atoms with van der Waals surface area (Å²) in [4.78, 5) is 12.0. The van der Waals surface area contributed by atoms with Crippen LogP contribution in [0, 0.1) is 0 Å². The quantitative estimate of drug-likeness (QED) is 0.867. The third-order valence-electron chi connectivity index (χ3n) is 4.81. The first-order chi connectivity index (χ1) is 9.51. The third kappa shape index (κ3) is 2.61. The number of aliphatic carboxylic acids is 1. The van der Waals surface area contributed by atoms with Gasteiger partial charge in [-0.05, 0) is 41.9 Å². The third-order valence-corrected chi connectivity index (χ3v) is 4.81.